The third-order valence-electron chi connectivity index (χ3n) is 1.92. The van der Waals surface area contributed by atoms with Gasteiger partial charge in [0.25, 0.3) is 0 Å². The molecule has 0 unspecified atom stereocenters. The van der Waals surface area contributed by atoms with Gasteiger partial charge in [0.15, 0.2) is 0 Å². The molecule has 0 heterocycles. The van der Waals surface area contributed by atoms with Gasteiger partial charge in [-0.2, -0.15) is 0 Å². The van der Waals surface area contributed by atoms with Crippen molar-refractivity contribution >= 4 is 6.21 Å². The van der Waals surface area contributed by atoms with Crippen molar-refractivity contribution in [3.63, 3.8) is 0 Å². The van der Waals surface area contributed by atoms with Gasteiger partial charge in [0, 0.05) is 18.8 Å². The number of aliphatic imine (C=N–C) groups is 1. The first kappa shape index (κ1) is 13.2. The minimum absolute atomic E-state index is 0.952. The fraction of sp³-hybridized carbons (Fsp3) is 0.615. The summed E-state index contributed by atoms with van der Waals surface area (Å²) in [6.45, 7) is 4.36. The molecule has 0 aliphatic rings. The second-order valence-electron chi connectivity index (χ2n) is 3.33. The van der Waals surface area contributed by atoms with Gasteiger partial charge in [-0.25, -0.2) is 0 Å². The first-order chi connectivity index (χ1) is 6.91. The number of nitrogens with zero attached hydrogens (tertiary/aromatic N) is 1. The Kier molecular flexibility index (Phi) is 11.4. The largest absolute Gasteiger partial charge is 0.269 e. The van der Waals surface area contributed by atoms with E-state index >= 15 is 0 Å². The topological polar surface area (TPSA) is 12.4 Å². The predicted octanol–water partition coefficient (Wildman–Crippen LogP) is 4.51. The first-order valence-electron chi connectivity index (χ1n) is 5.73. The summed E-state index contributed by atoms with van der Waals surface area (Å²) < 4.78 is 0. The van der Waals surface area contributed by atoms with Crippen molar-refractivity contribution in [1.29, 1.82) is 0 Å². The minimum Gasteiger partial charge on any atom is -0.269 e. The summed E-state index contributed by atoms with van der Waals surface area (Å²) in [5.74, 6) is 0. The van der Waals surface area contributed by atoms with Crippen LogP contribution in [-0.4, -0.2) is 6.21 Å². The first-order valence-corrected chi connectivity index (χ1v) is 5.73. The summed E-state index contributed by atoms with van der Waals surface area (Å²) in [7, 11) is 0. The molecular weight excluding hydrogens is 170 g/mol. The predicted molar refractivity (Wildman–Crippen MR) is 65.8 cm³/mol. The average Bonchev–Trinajstić information content (AvgIpc) is 2.21. The number of rotatable bonds is 8. The molecule has 0 aliphatic heterocycles. The van der Waals surface area contributed by atoms with Gasteiger partial charge < -0.3 is 0 Å². The molecule has 1 nitrogen and oxygen atoms in total. The smallest absolute Gasteiger partial charge is 0.0224 e. The Morgan fingerprint density at radius 2 is 1.86 bits per heavy atom. The lowest BCUT2D eigenvalue weighted by molar-refractivity contribution is 0.729. The monoisotopic (exact) mass is 193 g/mol. The summed E-state index contributed by atoms with van der Waals surface area (Å²) in [5.41, 5.74) is 0. The van der Waals surface area contributed by atoms with Crippen molar-refractivity contribution in [1.82, 2.24) is 0 Å². The second kappa shape index (κ2) is 12.2. The van der Waals surface area contributed by atoms with E-state index in [4.69, 9.17) is 0 Å². The van der Waals surface area contributed by atoms with Gasteiger partial charge in [-0.15, -0.1) is 0 Å². The van der Waals surface area contributed by atoms with Crippen molar-refractivity contribution in [2.24, 2.45) is 4.99 Å². The Hall–Kier alpha value is -0.850. The van der Waals surface area contributed by atoms with Gasteiger partial charge in [0.1, 0.15) is 0 Å². The Morgan fingerprint density at radius 1 is 1.00 bits per heavy atom. The third-order valence-corrected chi connectivity index (χ3v) is 1.92. The van der Waals surface area contributed by atoms with Gasteiger partial charge >= 0.3 is 0 Å². The lowest BCUT2D eigenvalue weighted by Crippen LogP contribution is -1.71. The van der Waals surface area contributed by atoms with E-state index in [0.717, 1.165) is 19.3 Å². The SMILES string of the molecule is CC/C=C\C/C=N\C=C/CCCCC. The minimum atomic E-state index is 0.952. The molecule has 14 heavy (non-hydrogen) atoms. The maximum absolute atomic E-state index is 4.18. The zero-order chi connectivity index (χ0) is 10.5. The van der Waals surface area contributed by atoms with Crippen LogP contribution in [-0.2, 0) is 0 Å². The van der Waals surface area contributed by atoms with Crippen LogP contribution in [0, 0.1) is 0 Å². The molecule has 0 fully saturated rings. The molecule has 0 spiro atoms. The molecule has 0 aromatic rings. The Bertz CT molecular complexity index is 178. The highest BCUT2D eigenvalue weighted by Gasteiger charge is 1.79. The standard InChI is InChI=1S/C13H23N/c1-3-5-7-9-11-13-14-12-10-8-6-4-2/h6,8,11-13H,3-5,7,9-10H2,1-2H3/b8-6-,13-11-,14-12-. The van der Waals surface area contributed by atoms with E-state index in [9.17, 15) is 0 Å². The molecule has 0 bridgehead atoms. The molecule has 0 radical (unpaired) electrons. The summed E-state index contributed by atoms with van der Waals surface area (Å²) >= 11 is 0. The molecule has 0 aliphatic carbocycles. The lowest BCUT2D eigenvalue weighted by atomic mass is 10.2. The van der Waals surface area contributed by atoms with Crippen LogP contribution < -0.4 is 0 Å². The van der Waals surface area contributed by atoms with Gasteiger partial charge in [0.2, 0.25) is 0 Å². The van der Waals surface area contributed by atoms with Crippen LogP contribution in [0.2, 0.25) is 0 Å². The molecule has 0 saturated heterocycles. The Balaban J connectivity index is 3.27. The van der Waals surface area contributed by atoms with Gasteiger partial charge in [0.05, 0.1) is 0 Å². The molecule has 0 saturated carbocycles. The van der Waals surface area contributed by atoms with Crippen LogP contribution in [0.4, 0.5) is 0 Å². The quantitative estimate of drug-likeness (QED) is 0.305. The number of allylic oxidation sites excluding steroid dienone is 3. The van der Waals surface area contributed by atoms with Crippen molar-refractivity contribution in [3.8, 4) is 0 Å². The van der Waals surface area contributed by atoms with Crippen molar-refractivity contribution in [2.75, 3.05) is 0 Å². The summed E-state index contributed by atoms with van der Waals surface area (Å²) in [4.78, 5) is 4.18. The zero-order valence-corrected chi connectivity index (χ0v) is 9.58. The van der Waals surface area contributed by atoms with E-state index in [2.05, 4.69) is 37.1 Å². The van der Waals surface area contributed by atoms with Gasteiger partial charge in [-0.3, -0.25) is 4.99 Å². The number of hydrogen-bond acceptors (Lipinski definition) is 1. The van der Waals surface area contributed by atoms with Gasteiger partial charge in [-0.1, -0.05) is 44.9 Å². The highest BCUT2D eigenvalue weighted by atomic mass is 14.7. The lowest BCUT2D eigenvalue weighted by Gasteiger charge is -1.89. The molecule has 0 rings (SSSR count). The van der Waals surface area contributed by atoms with Crippen LogP contribution in [0.1, 0.15) is 52.4 Å². The Labute approximate surface area is 88.6 Å². The van der Waals surface area contributed by atoms with E-state index in [1.54, 1.807) is 0 Å². The van der Waals surface area contributed by atoms with Crippen LogP contribution in [0.15, 0.2) is 29.4 Å². The van der Waals surface area contributed by atoms with E-state index in [1.165, 1.54) is 19.3 Å². The van der Waals surface area contributed by atoms with Crippen LogP contribution in [0.3, 0.4) is 0 Å². The molecule has 0 amide bonds. The molecule has 1 heteroatoms. The molecular formula is C13H23N. The van der Waals surface area contributed by atoms with Crippen molar-refractivity contribution < 1.29 is 0 Å². The third kappa shape index (κ3) is 11.2. The fourth-order valence-corrected chi connectivity index (χ4v) is 1.09. The van der Waals surface area contributed by atoms with E-state index in [0.29, 0.717) is 0 Å². The normalized spacial score (nSPS) is 12.4. The van der Waals surface area contributed by atoms with Crippen LogP contribution in [0.25, 0.3) is 0 Å². The van der Waals surface area contributed by atoms with Crippen LogP contribution in [0.5, 0.6) is 0 Å². The molecule has 0 aromatic heterocycles. The van der Waals surface area contributed by atoms with E-state index in [1.807, 2.05) is 12.4 Å². The fourth-order valence-electron chi connectivity index (χ4n) is 1.09. The highest BCUT2D eigenvalue weighted by molar-refractivity contribution is 5.60. The summed E-state index contributed by atoms with van der Waals surface area (Å²) in [6, 6.07) is 0. The van der Waals surface area contributed by atoms with Crippen molar-refractivity contribution in [3.05, 3.63) is 24.4 Å². The van der Waals surface area contributed by atoms with Crippen molar-refractivity contribution in [2.45, 2.75) is 52.4 Å². The Morgan fingerprint density at radius 3 is 2.57 bits per heavy atom. The summed E-state index contributed by atoms with van der Waals surface area (Å²) in [6.07, 6.45) is 17.5. The highest BCUT2D eigenvalue weighted by Crippen LogP contribution is 1.99. The maximum Gasteiger partial charge on any atom is 0.0224 e. The zero-order valence-electron chi connectivity index (χ0n) is 9.58. The second-order valence-corrected chi connectivity index (χ2v) is 3.33. The molecule has 0 atom stereocenters. The maximum atomic E-state index is 4.18. The van der Waals surface area contributed by atoms with E-state index in [-0.39, 0.29) is 0 Å². The number of unbranched alkanes of at least 4 members (excludes halogenated alkanes) is 3. The number of hydrogen-bond donors (Lipinski definition) is 0. The van der Waals surface area contributed by atoms with Crippen LogP contribution >= 0.6 is 0 Å². The van der Waals surface area contributed by atoms with E-state index < -0.39 is 0 Å². The summed E-state index contributed by atoms with van der Waals surface area (Å²) in [5, 5.41) is 0. The van der Waals surface area contributed by atoms with Gasteiger partial charge in [-0.05, 0) is 19.3 Å². The molecule has 0 aromatic carbocycles. The molecule has 0 N–H and O–H groups in total. The average molecular weight is 193 g/mol. The molecule has 80 valence electrons.